The van der Waals surface area contributed by atoms with Crippen molar-refractivity contribution < 1.29 is 8.78 Å². The summed E-state index contributed by atoms with van der Waals surface area (Å²) in [7, 11) is 0. The van der Waals surface area contributed by atoms with Gasteiger partial charge in [-0.2, -0.15) is 5.10 Å². The summed E-state index contributed by atoms with van der Waals surface area (Å²) in [5.74, 6) is 0. The van der Waals surface area contributed by atoms with Gasteiger partial charge in [0.1, 0.15) is 6.54 Å². The molecule has 3 nitrogen and oxygen atoms in total. The number of halogens is 2. The molecule has 0 unspecified atom stereocenters. The molecule has 2 N–H and O–H groups in total. The molecule has 0 saturated heterocycles. The molecule has 1 heterocycles. The lowest BCUT2D eigenvalue weighted by Crippen LogP contribution is -2.06. The molecule has 0 saturated carbocycles. The van der Waals surface area contributed by atoms with Crippen LogP contribution in [0.3, 0.4) is 0 Å². The van der Waals surface area contributed by atoms with Gasteiger partial charge >= 0.3 is 0 Å². The molecule has 84 valence electrons. The summed E-state index contributed by atoms with van der Waals surface area (Å²) >= 11 is 0. The number of aromatic nitrogens is 2. The van der Waals surface area contributed by atoms with Crippen molar-refractivity contribution in [3.63, 3.8) is 0 Å². The third kappa shape index (κ3) is 2.18. The van der Waals surface area contributed by atoms with Crippen LogP contribution >= 0.6 is 0 Å². The van der Waals surface area contributed by atoms with Crippen LogP contribution in [-0.2, 0) is 6.54 Å². The zero-order valence-corrected chi connectivity index (χ0v) is 8.48. The number of nitrogens with zero attached hydrogens (tertiary/aromatic N) is 2. The van der Waals surface area contributed by atoms with Gasteiger partial charge in [-0.1, -0.05) is 18.2 Å². The maximum absolute atomic E-state index is 12.1. The molecule has 0 radical (unpaired) electrons. The van der Waals surface area contributed by atoms with Crippen molar-refractivity contribution >= 4 is 5.69 Å². The molecule has 1 aromatic carbocycles. The number of hydrogen-bond donors (Lipinski definition) is 1. The van der Waals surface area contributed by atoms with E-state index in [1.54, 1.807) is 12.3 Å². The number of alkyl halides is 2. The molecule has 0 spiro atoms. The molecule has 16 heavy (non-hydrogen) atoms. The number of hydrogen-bond acceptors (Lipinski definition) is 2. The van der Waals surface area contributed by atoms with Gasteiger partial charge in [0.25, 0.3) is 6.43 Å². The highest BCUT2D eigenvalue weighted by atomic mass is 19.3. The SMILES string of the molecule is Nc1ccccc1-c1cnn(CC(F)F)c1. The third-order valence-corrected chi connectivity index (χ3v) is 2.23. The lowest BCUT2D eigenvalue weighted by molar-refractivity contribution is 0.122. The first-order valence-corrected chi connectivity index (χ1v) is 4.82. The maximum atomic E-state index is 12.1. The zero-order chi connectivity index (χ0) is 11.5. The van der Waals surface area contributed by atoms with Gasteiger partial charge in [0, 0.05) is 23.0 Å². The van der Waals surface area contributed by atoms with Gasteiger partial charge < -0.3 is 5.73 Å². The van der Waals surface area contributed by atoms with Crippen molar-refractivity contribution in [1.82, 2.24) is 9.78 Å². The standard InChI is InChI=1S/C11H11F2N3/c12-11(13)7-16-6-8(5-15-16)9-3-1-2-4-10(9)14/h1-6,11H,7,14H2. The first kappa shape index (κ1) is 10.6. The number of nitrogens with two attached hydrogens (primary N) is 1. The Morgan fingerprint density at radius 3 is 2.75 bits per heavy atom. The summed E-state index contributed by atoms with van der Waals surface area (Å²) in [6.45, 7) is -0.396. The van der Waals surface area contributed by atoms with Crippen LogP contribution in [0.25, 0.3) is 11.1 Å². The average molecular weight is 223 g/mol. The molecule has 0 amide bonds. The molecule has 0 aliphatic carbocycles. The van der Waals surface area contributed by atoms with E-state index >= 15 is 0 Å². The average Bonchev–Trinajstić information content (AvgIpc) is 2.66. The van der Waals surface area contributed by atoms with Crippen molar-refractivity contribution in [2.75, 3.05) is 5.73 Å². The van der Waals surface area contributed by atoms with Gasteiger partial charge in [-0.3, -0.25) is 4.68 Å². The van der Waals surface area contributed by atoms with Crippen molar-refractivity contribution in [3.05, 3.63) is 36.7 Å². The van der Waals surface area contributed by atoms with E-state index in [2.05, 4.69) is 5.10 Å². The quantitative estimate of drug-likeness (QED) is 0.812. The van der Waals surface area contributed by atoms with E-state index in [9.17, 15) is 8.78 Å². The number of rotatable bonds is 3. The topological polar surface area (TPSA) is 43.8 Å². The van der Waals surface area contributed by atoms with E-state index < -0.39 is 13.0 Å². The molecule has 0 aliphatic rings. The van der Waals surface area contributed by atoms with Crippen LogP contribution in [0.5, 0.6) is 0 Å². The highest BCUT2D eigenvalue weighted by Gasteiger charge is 2.08. The van der Waals surface area contributed by atoms with Crippen molar-refractivity contribution in [3.8, 4) is 11.1 Å². The minimum Gasteiger partial charge on any atom is -0.398 e. The number of benzene rings is 1. The van der Waals surface area contributed by atoms with Gasteiger partial charge in [-0.05, 0) is 6.07 Å². The molecular formula is C11H11F2N3. The normalized spacial score (nSPS) is 10.9. The fourth-order valence-corrected chi connectivity index (χ4v) is 1.50. The van der Waals surface area contributed by atoms with E-state index in [1.165, 1.54) is 10.9 Å². The summed E-state index contributed by atoms with van der Waals surface area (Å²) in [5.41, 5.74) is 7.95. The second-order valence-electron chi connectivity index (χ2n) is 3.43. The van der Waals surface area contributed by atoms with Crippen LogP contribution in [0.2, 0.25) is 0 Å². The Labute approximate surface area is 91.5 Å². The van der Waals surface area contributed by atoms with Gasteiger partial charge in [0.05, 0.1) is 6.20 Å². The summed E-state index contributed by atoms with van der Waals surface area (Å²) in [6, 6.07) is 7.26. The van der Waals surface area contributed by atoms with Gasteiger partial charge in [-0.25, -0.2) is 8.78 Å². The smallest absolute Gasteiger partial charge is 0.257 e. The lowest BCUT2D eigenvalue weighted by Gasteiger charge is -2.01. The maximum Gasteiger partial charge on any atom is 0.257 e. The predicted molar refractivity (Wildman–Crippen MR) is 58.1 cm³/mol. The molecule has 0 fully saturated rings. The van der Waals surface area contributed by atoms with E-state index in [0.717, 1.165) is 11.1 Å². The molecule has 1 aromatic heterocycles. The zero-order valence-electron chi connectivity index (χ0n) is 8.48. The minimum absolute atomic E-state index is 0.396. The highest BCUT2D eigenvalue weighted by molar-refractivity contribution is 5.75. The van der Waals surface area contributed by atoms with E-state index in [1.807, 2.05) is 18.2 Å². The molecule has 2 aromatic rings. The van der Waals surface area contributed by atoms with Crippen LogP contribution in [-0.4, -0.2) is 16.2 Å². The Balaban J connectivity index is 2.28. The number of anilines is 1. The Kier molecular flexibility index (Phi) is 2.85. The number of para-hydroxylation sites is 1. The molecule has 0 bridgehead atoms. The summed E-state index contributed by atoms with van der Waals surface area (Å²) in [6.07, 6.45) is 0.701. The fraction of sp³-hybridized carbons (Fsp3) is 0.182. The van der Waals surface area contributed by atoms with Gasteiger partial charge in [0.2, 0.25) is 0 Å². The Hall–Kier alpha value is -1.91. The van der Waals surface area contributed by atoms with E-state index in [0.29, 0.717) is 5.69 Å². The van der Waals surface area contributed by atoms with E-state index in [-0.39, 0.29) is 0 Å². The molecular weight excluding hydrogens is 212 g/mol. The molecule has 2 rings (SSSR count). The highest BCUT2D eigenvalue weighted by Crippen LogP contribution is 2.24. The molecule has 0 aliphatic heterocycles. The fourth-order valence-electron chi connectivity index (χ4n) is 1.50. The monoisotopic (exact) mass is 223 g/mol. The Morgan fingerprint density at radius 2 is 2.06 bits per heavy atom. The van der Waals surface area contributed by atoms with Crippen LogP contribution in [0, 0.1) is 0 Å². The van der Waals surface area contributed by atoms with Crippen molar-refractivity contribution in [2.45, 2.75) is 13.0 Å². The van der Waals surface area contributed by atoms with Gasteiger partial charge in [-0.15, -0.1) is 0 Å². The second kappa shape index (κ2) is 4.30. The first-order valence-electron chi connectivity index (χ1n) is 4.82. The van der Waals surface area contributed by atoms with Crippen LogP contribution in [0.1, 0.15) is 0 Å². The second-order valence-corrected chi connectivity index (χ2v) is 3.43. The van der Waals surface area contributed by atoms with Crippen LogP contribution < -0.4 is 5.73 Å². The van der Waals surface area contributed by atoms with Crippen LogP contribution in [0.4, 0.5) is 14.5 Å². The van der Waals surface area contributed by atoms with E-state index in [4.69, 9.17) is 5.73 Å². The van der Waals surface area contributed by atoms with Crippen molar-refractivity contribution in [2.24, 2.45) is 0 Å². The molecule has 5 heteroatoms. The van der Waals surface area contributed by atoms with Gasteiger partial charge in [0.15, 0.2) is 0 Å². The largest absolute Gasteiger partial charge is 0.398 e. The Bertz CT molecular complexity index is 480. The summed E-state index contributed by atoms with van der Waals surface area (Å²) in [5, 5.41) is 3.85. The van der Waals surface area contributed by atoms with Crippen molar-refractivity contribution in [1.29, 1.82) is 0 Å². The minimum atomic E-state index is -2.40. The first-order chi connectivity index (χ1) is 7.66. The molecule has 0 atom stereocenters. The Morgan fingerprint density at radius 1 is 1.31 bits per heavy atom. The predicted octanol–water partition coefficient (Wildman–Crippen LogP) is 2.40. The lowest BCUT2D eigenvalue weighted by atomic mass is 10.1. The summed E-state index contributed by atoms with van der Waals surface area (Å²) < 4.78 is 25.5. The van der Waals surface area contributed by atoms with Crippen LogP contribution in [0.15, 0.2) is 36.7 Å². The summed E-state index contributed by atoms with van der Waals surface area (Å²) in [4.78, 5) is 0. The number of nitrogen functional groups attached to an aromatic ring is 1. The third-order valence-electron chi connectivity index (χ3n) is 2.23.